The molecule has 1 atom stereocenters. The number of rotatable bonds is 3. The Balaban J connectivity index is 1.43. The van der Waals surface area contributed by atoms with E-state index in [0.29, 0.717) is 0 Å². The molecular weight excluding hydrogens is 334 g/mol. The molecule has 0 aliphatic carbocycles. The molecule has 1 unspecified atom stereocenters. The van der Waals surface area contributed by atoms with Gasteiger partial charge in [-0.3, -0.25) is 4.79 Å². The summed E-state index contributed by atoms with van der Waals surface area (Å²) >= 11 is 1.74. The van der Waals surface area contributed by atoms with E-state index in [4.69, 9.17) is 9.72 Å². The Morgan fingerprint density at radius 1 is 1.28 bits per heavy atom. The third kappa shape index (κ3) is 3.51. The Kier molecular flexibility index (Phi) is 4.65. The van der Waals surface area contributed by atoms with E-state index < -0.39 is 0 Å². The van der Waals surface area contributed by atoms with Crippen molar-refractivity contribution in [2.24, 2.45) is 5.92 Å². The van der Waals surface area contributed by atoms with E-state index in [-0.39, 0.29) is 17.9 Å². The molecule has 0 radical (unpaired) electrons. The molecule has 1 amide bonds. The van der Waals surface area contributed by atoms with Gasteiger partial charge in [-0.15, -0.1) is 0 Å². The predicted molar refractivity (Wildman–Crippen MR) is 101 cm³/mol. The molecule has 5 nitrogen and oxygen atoms in total. The third-order valence-corrected chi connectivity index (χ3v) is 6.28. The first-order valence-corrected chi connectivity index (χ1v) is 9.92. The lowest BCUT2D eigenvalue weighted by Crippen LogP contribution is -2.42. The summed E-state index contributed by atoms with van der Waals surface area (Å²) in [7, 11) is 0. The number of benzene rings is 1. The van der Waals surface area contributed by atoms with Crippen LogP contribution in [0.5, 0.6) is 0 Å². The quantitative estimate of drug-likeness (QED) is 0.915. The number of nitrogens with zero attached hydrogens (tertiary/aromatic N) is 2. The number of carbonyl (C=O) groups excluding carboxylic acids is 1. The summed E-state index contributed by atoms with van der Waals surface area (Å²) in [6.45, 7) is 7.43. The first-order chi connectivity index (χ1) is 12.1. The van der Waals surface area contributed by atoms with Gasteiger partial charge in [0.1, 0.15) is 0 Å². The average molecular weight is 359 g/mol. The highest BCUT2D eigenvalue weighted by Gasteiger charge is 2.31. The van der Waals surface area contributed by atoms with Gasteiger partial charge in [0.05, 0.1) is 16.1 Å². The lowest BCUT2D eigenvalue weighted by atomic mass is 10.1. The van der Waals surface area contributed by atoms with Gasteiger partial charge in [0, 0.05) is 32.3 Å². The Morgan fingerprint density at radius 2 is 2.08 bits per heavy atom. The molecule has 1 aromatic heterocycles. The molecule has 3 heterocycles. The second-order valence-corrected chi connectivity index (χ2v) is 8.26. The predicted octanol–water partition coefficient (Wildman–Crippen LogP) is 3.03. The minimum atomic E-state index is 0.0673. The van der Waals surface area contributed by atoms with E-state index in [0.717, 1.165) is 56.2 Å². The summed E-state index contributed by atoms with van der Waals surface area (Å²) in [5, 5.41) is 4.26. The Hall–Kier alpha value is -1.66. The van der Waals surface area contributed by atoms with E-state index in [1.54, 1.807) is 11.3 Å². The summed E-state index contributed by atoms with van der Waals surface area (Å²) in [6.07, 6.45) is 2.76. The van der Waals surface area contributed by atoms with Crippen molar-refractivity contribution >= 4 is 32.6 Å². The van der Waals surface area contributed by atoms with Gasteiger partial charge in [0.25, 0.3) is 0 Å². The molecule has 1 aromatic carbocycles. The van der Waals surface area contributed by atoms with Gasteiger partial charge in [-0.25, -0.2) is 4.98 Å². The van der Waals surface area contributed by atoms with Crippen molar-refractivity contribution in [1.29, 1.82) is 0 Å². The van der Waals surface area contributed by atoms with Crippen molar-refractivity contribution in [3.05, 3.63) is 23.3 Å². The minimum Gasteiger partial charge on any atom is -0.381 e. The maximum absolute atomic E-state index is 12.6. The Bertz CT molecular complexity index is 782. The molecule has 0 saturated carbocycles. The molecule has 0 spiro atoms. The van der Waals surface area contributed by atoms with Crippen LogP contribution in [0.2, 0.25) is 0 Å². The molecule has 134 valence electrons. The molecule has 2 fully saturated rings. The van der Waals surface area contributed by atoms with Crippen molar-refractivity contribution in [1.82, 2.24) is 10.3 Å². The molecule has 2 aliphatic rings. The lowest BCUT2D eigenvalue weighted by molar-refractivity contribution is -0.125. The van der Waals surface area contributed by atoms with Gasteiger partial charge in [-0.1, -0.05) is 17.4 Å². The number of hydrogen-bond donors (Lipinski definition) is 1. The zero-order valence-electron chi connectivity index (χ0n) is 14.9. The molecule has 6 heteroatoms. The maximum Gasteiger partial charge on any atom is 0.225 e. The second kappa shape index (κ2) is 6.92. The van der Waals surface area contributed by atoms with Crippen LogP contribution in [0, 0.1) is 19.8 Å². The van der Waals surface area contributed by atoms with Crippen LogP contribution in [0.4, 0.5) is 5.13 Å². The topological polar surface area (TPSA) is 54.5 Å². The van der Waals surface area contributed by atoms with Crippen molar-refractivity contribution in [2.45, 2.75) is 39.2 Å². The van der Waals surface area contributed by atoms with E-state index in [2.05, 4.69) is 36.2 Å². The highest BCUT2D eigenvalue weighted by molar-refractivity contribution is 7.22. The highest BCUT2D eigenvalue weighted by atomic mass is 32.1. The fraction of sp³-hybridized carbons (Fsp3) is 0.579. The number of amides is 1. The summed E-state index contributed by atoms with van der Waals surface area (Å²) in [6, 6.07) is 4.66. The van der Waals surface area contributed by atoms with Crippen LogP contribution in [-0.2, 0) is 9.53 Å². The van der Waals surface area contributed by atoms with Crippen molar-refractivity contribution in [3.8, 4) is 0 Å². The summed E-state index contributed by atoms with van der Waals surface area (Å²) in [5.74, 6) is 0.264. The molecule has 2 aliphatic heterocycles. The normalized spacial score (nSPS) is 21.8. The van der Waals surface area contributed by atoms with E-state index in [1.165, 1.54) is 15.8 Å². The number of nitrogens with one attached hydrogen (secondary N) is 1. The Morgan fingerprint density at radius 3 is 2.88 bits per heavy atom. The van der Waals surface area contributed by atoms with Gasteiger partial charge >= 0.3 is 0 Å². The van der Waals surface area contributed by atoms with E-state index >= 15 is 0 Å². The van der Waals surface area contributed by atoms with Gasteiger partial charge in [0.2, 0.25) is 5.91 Å². The standard InChI is InChI=1S/C19H25N3O2S/c1-12-9-13(2)17-16(10-12)25-19(21-17)22-6-3-14(11-22)18(23)20-15-4-7-24-8-5-15/h9-10,14-15H,3-8,11H2,1-2H3,(H,20,23). The molecule has 2 aromatic rings. The number of carbonyl (C=O) groups is 1. The number of aryl methyl sites for hydroxylation is 2. The molecule has 4 rings (SSSR count). The number of aromatic nitrogens is 1. The lowest BCUT2D eigenvalue weighted by Gasteiger charge is -2.24. The highest BCUT2D eigenvalue weighted by Crippen LogP contribution is 2.34. The fourth-order valence-electron chi connectivity index (χ4n) is 3.80. The van der Waals surface area contributed by atoms with Crippen LogP contribution in [-0.4, -0.2) is 43.2 Å². The van der Waals surface area contributed by atoms with Crippen LogP contribution < -0.4 is 10.2 Å². The molecular formula is C19H25N3O2S. The van der Waals surface area contributed by atoms with Crippen molar-refractivity contribution in [2.75, 3.05) is 31.2 Å². The van der Waals surface area contributed by atoms with E-state index in [1.807, 2.05) is 0 Å². The second-order valence-electron chi connectivity index (χ2n) is 7.25. The van der Waals surface area contributed by atoms with E-state index in [9.17, 15) is 4.79 Å². The van der Waals surface area contributed by atoms with Crippen LogP contribution >= 0.6 is 11.3 Å². The first kappa shape index (κ1) is 16.8. The monoisotopic (exact) mass is 359 g/mol. The summed E-state index contributed by atoms with van der Waals surface area (Å²) < 4.78 is 6.60. The van der Waals surface area contributed by atoms with Crippen molar-refractivity contribution in [3.63, 3.8) is 0 Å². The number of anilines is 1. The molecule has 0 bridgehead atoms. The zero-order chi connectivity index (χ0) is 17.4. The van der Waals surface area contributed by atoms with Gasteiger partial charge < -0.3 is 15.0 Å². The van der Waals surface area contributed by atoms with Gasteiger partial charge in [-0.05, 0) is 50.3 Å². The van der Waals surface area contributed by atoms with Gasteiger partial charge in [0.15, 0.2) is 5.13 Å². The summed E-state index contributed by atoms with van der Waals surface area (Å²) in [5.41, 5.74) is 3.60. The first-order valence-electron chi connectivity index (χ1n) is 9.11. The zero-order valence-corrected chi connectivity index (χ0v) is 15.7. The van der Waals surface area contributed by atoms with Crippen LogP contribution in [0.25, 0.3) is 10.2 Å². The molecule has 2 saturated heterocycles. The largest absolute Gasteiger partial charge is 0.381 e. The molecule has 1 N–H and O–H groups in total. The van der Waals surface area contributed by atoms with Gasteiger partial charge in [-0.2, -0.15) is 0 Å². The van der Waals surface area contributed by atoms with Crippen LogP contribution in [0.1, 0.15) is 30.4 Å². The SMILES string of the molecule is Cc1cc(C)c2nc(N3CCC(C(=O)NC4CCOCC4)C3)sc2c1. The Labute approximate surface area is 152 Å². The fourth-order valence-corrected chi connectivity index (χ4v) is 4.98. The number of ether oxygens (including phenoxy) is 1. The van der Waals surface area contributed by atoms with Crippen LogP contribution in [0.3, 0.4) is 0 Å². The minimum absolute atomic E-state index is 0.0673. The number of hydrogen-bond acceptors (Lipinski definition) is 5. The maximum atomic E-state index is 12.6. The number of fused-ring (bicyclic) bond motifs is 1. The smallest absolute Gasteiger partial charge is 0.225 e. The van der Waals surface area contributed by atoms with Crippen molar-refractivity contribution < 1.29 is 9.53 Å². The summed E-state index contributed by atoms with van der Waals surface area (Å²) in [4.78, 5) is 19.7. The third-order valence-electron chi connectivity index (χ3n) is 5.22. The average Bonchev–Trinajstić information content (AvgIpc) is 3.22. The molecule has 25 heavy (non-hydrogen) atoms. The van der Waals surface area contributed by atoms with Crippen LogP contribution in [0.15, 0.2) is 12.1 Å². The number of thiazole rings is 1.